The van der Waals surface area contributed by atoms with E-state index in [0.717, 1.165) is 20.8 Å². The second-order valence-corrected chi connectivity index (χ2v) is 4.10. The van der Waals surface area contributed by atoms with Crippen LogP contribution in [0, 0.1) is 0 Å². The molecule has 54 valence electrons. The normalized spacial score (nSPS) is 14.4. The summed E-state index contributed by atoms with van der Waals surface area (Å²) in [4.78, 5) is 3.80. The van der Waals surface area contributed by atoms with Crippen molar-refractivity contribution in [1.29, 1.82) is 0 Å². The average Bonchev–Trinajstić information content (AvgIpc) is 1.89. The molecule has 0 aliphatic rings. The van der Waals surface area contributed by atoms with Crippen LogP contribution in [0.1, 0.15) is 20.3 Å². The zero-order valence-electron chi connectivity index (χ0n) is 6.35. The molecule has 2 unspecified atom stereocenters. The summed E-state index contributed by atoms with van der Waals surface area (Å²) in [5.41, 5.74) is 0.895. The van der Waals surface area contributed by atoms with Gasteiger partial charge in [-0.25, -0.2) is 0 Å². The molecule has 0 fully saturated rings. The molecule has 0 saturated heterocycles. The van der Waals surface area contributed by atoms with Crippen molar-refractivity contribution in [2.24, 2.45) is 4.99 Å². The van der Waals surface area contributed by atoms with Crippen LogP contribution in [0.25, 0.3) is 0 Å². The molecule has 0 aliphatic carbocycles. The summed E-state index contributed by atoms with van der Waals surface area (Å²) in [6.07, 6.45) is 2.54. The number of hydrogen-bond donors (Lipinski definition) is 0. The first kappa shape index (κ1) is 9.10. The lowest BCUT2D eigenvalue weighted by atomic mass is 10.4. The lowest BCUT2D eigenvalue weighted by molar-refractivity contribution is 0.896. The minimum absolute atomic E-state index is 0.895. The smallest absolute Gasteiger partial charge is 0.0419 e. The predicted molar refractivity (Wildman–Crippen MR) is 47.4 cm³/mol. The highest BCUT2D eigenvalue weighted by Crippen LogP contribution is 2.19. The van der Waals surface area contributed by atoms with Gasteiger partial charge in [0.15, 0.2) is 0 Å². The molecule has 9 heavy (non-hydrogen) atoms. The van der Waals surface area contributed by atoms with Crippen LogP contribution in [-0.4, -0.2) is 25.1 Å². The molecule has 0 aromatic heterocycles. The van der Waals surface area contributed by atoms with E-state index in [4.69, 9.17) is 0 Å². The van der Waals surface area contributed by atoms with E-state index >= 15 is 0 Å². The predicted octanol–water partition coefficient (Wildman–Crippen LogP) is 2.16. The van der Waals surface area contributed by atoms with Gasteiger partial charge >= 0.3 is 0 Å². The summed E-state index contributed by atoms with van der Waals surface area (Å²) < 4.78 is 0. The molecular weight excluding hydrogens is 129 g/mol. The van der Waals surface area contributed by atoms with E-state index in [1.54, 1.807) is 0 Å². The molecular formula is C7H16NP. The highest BCUT2D eigenvalue weighted by molar-refractivity contribution is 7.38. The lowest BCUT2D eigenvalue weighted by Crippen LogP contribution is -1.93. The first-order valence-electron chi connectivity index (χ1n) is 3.47. The third kappa shape index (κ3) is 5.98. The molecule has 0 N–H and O–H groups in total. The molecule has 0 saturated carbocycles. The number of hydrogen-bond acceptors (Lipinski definition) is 1. The monoisotopic (exact) mass is 145 g/mol. The average molecular weight is 145 g/mol. The first-order chi connectivity index (χ1) is 4.31. The number of nitrogens with zero attached hydrogens (tertiary/aromatic N) is 1. The van der Waals surface area contributed by atoms with Crippen molar-refractivity contribution in [3.8, 4) is 0 Å². The molecule has 0 spiro atoms. The van der Waals surface area contributed by atoms with Gasteiger partial charge in [-0.2, -0.15) is 0 Å². The summed E-state index contributed by atoms with van der Waals surface area (Å²) in [7, 11) is 1.08. The van der Waals surface area contributed by atoms with Gasteiger partial charge in [0.05, 0.1) is 0 Å². The standard InChI is InChI=1S/C7H16NP/c1-4-7(2)9-6-5-8-3/h7,9H,3-6H2,1-2H3. The first-order valence-corrected chi connectivity index (χ1v) is 4.75. The van der Waals surface area contributed by atoms with E-state index in [1.807, 2.05) is 0 Å². The molecule has 2 heteroatoms. The summed E-state index contributed by atoms with van der Waals surface area (Å²) in [6, 6.07) is 0. The molecule has 0 rings (SSSR count). The Labute approximate surface area is 59.7 Å². The van der Waals surface area contributed by atoms with Gasteiger partial charge in [0.2, 0.25) is 0 Å². The minimum atomic E-state index is 0.895. The van der Waals surface area contributed by atoms with Crippen LogP contribution >= 0.6 is 8.58 Å². The van der Waals surface area contributed by atoms with E-state index < -0.39 is 0 Å². The molecule has 0 aromatic carbocycles. The Kier molecular flexibility index (Phi) is 6.29. The van der Waals surface area contributed by atoms with Crippen molar-refractivity contribution in [2.75, 3.05) is 12.7 Å². The Bertz CT molecular complexity index is 73.3. The third-order valence-electron chi connectivity index (χ3n) is 1.38. The summed E-state index contributed by atoms with van der Waals surface area (Å²) in [5.74, 6) is 0. The van der Waals surface area contributed by atoms with E-state index in [9.17, 15) is 0 Å². The Hall–Kier alpha value is 0.100. The molecule has 0 radical (unpaired) electrons. The van der Waals surface area contributed by atoms with Crippen LogP contribution in [0.15, 0.2) is 4.99 Å². The zero-order chi connectivity index (χ0) is 7.11. The molecule has 0 aromatic rings. The maximum atomic E-state index is 3.80. The van der Waals surface area contributed by atoms with Crippen molar-refractivity contribution in [3.63, 3.8) is 0 Å². The quantitative estimate of drug-likeness (QED) is 0.319. The van der Waals surface area contributed by atoms with Crippen LogP contribution in [0.3, 0.4) is 0 Å². The Morgan fingerprint density at radius 3 is 2.78 bits per heavy atom. The Balaban J connectivity index is 2.96. The Morgan fingerprint density at radius 1 is 1.67 bits per heavy atom. The van der Waals surface area contributed by atoms with Crippen molar-refractivity contribution >= 4 is 15.3 Å². The fourth-order valence-corrected chi connectivity index (χ4v) is 1.60. The van der Waals surface area contributed by atoms with Gasteiger partial charge < -0.3 is 4.99 Å². The van der Waals surface area contributed by atoms with Gasteiger partial charge in [0.1, 0.15) is 0 Å². The van der Waals surface area contributed by atoms with Gasteiger partial charge in [-0.1, -0.05) is 13.8 Å². The maximum Gasteiger partial charge on any atom is 0.0419 e. The minimum Gasteiger partial charge on any atom is -0.301 e. The van der Waals surface area contributed by atoms with Crippen molar-refractivity contribution < 1.29 is 0 Å². The van der Waals surface area contributed by atoms with Crippen molar-refractivity contribution in [1.82, 2.24) is 0 Å². The lowest BCUT2D eigenvalue weighted by Gasteiger charge is -2.05. The third-order valence-corrected chi connectivity index (χ3v) is 2.99. The fraction of sp³-hybridized carbons (Fsp3) is 0.857. The molecule has 1 nitrogen and oxygen atoms in total. The van der Waals surface area contributed by atoms with Crippen LogP contribution in [0.4, 0.5) is 0 Å². The topological polar surface area (TPSA) is 12.4 Å². The second-order valence-electron chi connectivity index (χ2n) is 2.21. The molecule has 0 bridgehead atoms. The molecule has 2 atom stereocenters. The van der Waals surface area contributed by atoms with Gasteiger partial charge in [-0.15, -0.1) is 8.58 Å². The van der Waals surface area contributed by atoms with Crippen LogP contribution in [-0.2, 0) is 0 Å². The van der Waals surface area contributed by atoms with Gasteiger partial charge in [0, 0.05) is 6.54 Å². The van der Waals surface area contributed by atoms with Gasteiger partial charge in [0.25, 0.3) is 0 Å². The molecule has 0 amide bonds. The van der Waals surface area contributed by atoms with Crippen LogP contribution in [0.2, 0.25) is 0 Å². The highest BCUT2D eigenvalue weighted by Gasteiger charge is 1.95. The van der Waals surface area contributed by atoms with Crippen LogP contribution in [0.5, 0.6) is 0 Å². The van der Waals surface area contributed by atoms with E-state index in [1.165, 1.54) is 12.6 Å². The van der Waals surface area contributed by atoms with Crippen molar-refractivity contribution in [2.45, 2.75) is 25.9 Å². The second kappa shape index (κ2) is 6.22. The SMILES string of the molecule is C=NCCPC(C)CC. The Morgan fingerprint density at radius 2 is 2.33 bits per heavy atom. The van der Waals surface area contributed by atoms with E-state index in [2.05, 4.69) is 25.6 Å². The maximum absolute atomic E-state index is 3.80. The van der Waals surface area contributed by atoms with E-state index in [0.29, 0.717) is 0 Å². The fourth-order valence-electron chi connectivity index (χ4n) is 0.534. The van der Waals surface area contributed by atoms with Gasteiger partial charge in [-0.05, 0) is 25.0 Å². The highest BCUT2D eigenvalue weighted by atomic mass is 31.1. The number of rotatable bonds is 5. The van der Waals surface area contributed by atoms with E-state index in [-0.39, 0.29) is 0 Å². The largest absolute Gasteiger partial charge is 0.301 e. The van der Waals surface area contributed by atoms with Crippen molar-refractivity contribution in [3.05, 3.63) is 0 Å². The summed E-state index contributed by atoms with van der Waals surface area (Å²) in [5, 5.41) is 0. The number of aliphatic imine (C=N–C) groups is 1. The summed E-state index contributed by atoms with van der Waals surface area (Å²) in [6.45, 7) is 8.91. The molecule has 0 aliphatic heterocycles. The van der Waals surface area contributed by atoms with Crippen LogP contribution < -0.4 is 0 Å². The zero-order valence-corrected chi connectivity index (χ0v) is 7.35. The molecule has 0 heterocycles. The summed E-state index contributed by atoms with van der Waals surface area (Å²) >= 11 is 0. The van der Waals surface area contributed by atoms with Gasteiger partial charge in [-0.3, -0.25) is 0 Å².